The van der Waals surface area contributed by atoms with Crippen LogP contribution in [0.4, 0.5) is 0 Å². The van der Waals surface area contributed by atoms with Crippen molar-refractivity contribution in [3.63, 3.8) is 0 Å². The minimum atomic E-state index is -0.298. The molecule has 0 aliphatic rings. The highest BCUT2D eigenvalue weighted by molar-refractivity contribution is 7.11. The zero-order chi connectivity index (χ0) is 18.8. The van der Waals surface area contributed by atoms with Crippen molar-refractivity contribution in [3.05, 3.63) is 76.9 Å². The summed E-state index contributed by atoms with van der Waals surface area (Å²) in [4.78, 5) is 21.9. The largest absolute Gasteiger partial charge is 0.473 e. The van der Waals surface area contributed by atoms with E-state index in [1.165, 1.54) is 7.11 Å². The van der Waals surface area contributed by atoms with E-state index in [2.05, 4.69) is 16.5 Å². The second-order valence-electron chi connectivity index (χ2n) is 5.40. The summed E-state index contributed by atoms with van der Waals surface area (Å²) < 4.78 is 10.5. The number of aromatic nitrogens is 2. The first-order valence-corrected chi connectivity index (χ1v) is 8.98. The van der Waals surface area contributed by atoms with E-state index in [-0.39, 0.29) is 18.3 Å². The molecule has 5 nitrogen and oxygen atoms in total. The highest BCUT2D eigenvalue weighted by Gasteiger charge is 2.23. The van der Waals surface area contributed by atoms with Crippen molar-refractivity contribution in [2.24, 2.45) is 0 Å². The van der Waals surface area contributed by atoms with Crippen LogP contribution in [0.1, 0.15) is 27.9 Å². The van der Waals surface area contributed by atoms with Crippen molar-refractivity contribution in [3.8, 4) is 5.88 Å². The summed E-state index contributed by atoms with van der Waals surface area (Å²) in [6.45, 7) is 5.99. The lowest BCUT2D eigenvalue weighted by atomic mass is 10.0. The number of aryl methyl sites for hydroxylation is 1. The second-order valence-corrected chi connectivity index (χ2v) is 6.67. The molecule has 6 heteroatoms. The molecule has 0 bridgehead atoms. The van der Waals surface area contributed by atoms with E-state index in [0.29, 0.717) is 12.5 Å². The normalized spacial score (nSPS) is 12.4. The maximum absolute atomic E-state index is 11.8. The SMILES string of the molecule is C=CC=CC=CCOc1cccc(C(CC(=O)OC)c2ncc(C)s2)n1. The Morgan fingerprint density at radius 3 is 2.88 bits per heavy atom. The lowest BCUT2D eigenvalue weighted by molar-refractivity contribution is -0.140. The van der Waals surface area contributed by atoms with Gasteiger partial charge in [-0.1, -0.05) is 36.9 Å². The number of allylic oxidation sites excluding steroid dienone is 4. The van der Waals surface area contributed by atoms with E-state index in [1.807, 2.05) is 43.4 Å². The molecule has 0 aromatic carbocycles. The van der Waals surface area contributed by atoms with Crippen LogP contribution >= 0.6 is 11.3 Å². The van der Waals surface area contributed by atoms with Gasteiger partial charge in [0.1, 0.15) is 11.6 Å². The molecular weight excluding hydrogens is 348 g/mol. The molecule has 0 amide bonds. The molecule has 0 fully saturated rings. The van der Waals surface area contributed by atoms with Crippen molar-refractivity contribution in [2.75, 3.05) is 13.7 Å². The summed E-state index contributed by atoms with van der Waals surface area (Å²) in [5, 5.41) is 0.840. The molecule has 1 atom stereocenters. The number of rotatable bonds is 9. The van der Waals surface area contributed by atoms with E-state index < -0.39 is 0 Å². The molecule has 0 spiro atoms. The summed E-state index contributed by atoms with van der Waals surface area (Å²) in [6.07, 6.45) is 11.2. The van der Waals surface area contributed by atoms with E-state index in [9.17, 15) is 4.79 Å². The zero-order valence-electron chi connectivity index (χ0n) is 14.9. The van der Waals surface area contributed by atoms with Gasteiger partial charge in [-0.2, -0.15) is 0 Å². The van der Waals surface area contributed by atoms with Crippen LogP contribution in [0.3, 0.4) is 0 Å². The number of carbonyl (C=O) groups excluding carboxylic acids is 1. The van der Waals surface area contributed by atoms with Crippen LogP contribution in [0.2, 0.25) is 0 Å². The van der Waals surface area contributed by atoms with Gasteiger partial charge in [0, 0.05) is 17.1 Å². The Kier molecular flexibility index (Phi) is 7.76. The quantitative estimate of drug-likeness (QED) is 0.488. The van der Waals surface area contributed by atoms with Gasteiger partial charge < -0.3 is 9.47 Å². The highest BCUT2D eigenvalue weighted by Crippen LogP contribution is 2.31. The van der Waals surface area contributed by atoms with Gasteiger partial charge in [0.25, 0.3) is 0 Å². The molecule has 26 heavy (non-hydrogen) atoms. The Morgan fingerprint density at radius 1 is 1.35 bits per heavy atom. The minimum Gasteiger partial charge on any atom is -0.473 e. The van der Waals surface area contributed by atoms with Crippen molar-refractivity contribution >= 4 is 17.3 Å². The van der Waals surface area contributed by atoms with Crippen LogP contribution < -0.4 is 4.74 Å². The lowest BCUT2D eigenvalue weighted by Gasteiger charge is -2.14. The van der Waals surface area contributed by atoms with Gasteiger partial charge in [0.05, 0.1) is 25.1 Å². The number of hydrogen-bond acceptors (Lipinski definition) is 6. The standard InChI is InChI=1S/C20H22N2O3S/c1-4-5-6-7-8-12-25-18-11-9-10-17(22-18)16(13-19(23)24-3)20-21-14-15(2)26-20/h4-11,14,16H,1,12-13H2,2-3H3. The second kappa shape index (κ2) is 10.3. The molecule has 0 aliphatic heterocycles. The Morgan fingerprint density at radius 2 is 2.19 bits per heavy atom. The molecule has 2 aromatic heterocycles. The molecule has 0 saturated carbocycles. The fourth-order valence-corrected chi connectivity index (χ4v) is 3.10. The minimum absolute atomic E-state index is 0.187. The summed E-state index contributed by atoms with van der Waals surface area (Å²) >= 11 is 1.55. The topological polar surface area (TPSA) is 61.3 Å². The average molecular weight is 370 g/mol. The van der Waals surface area contributed by atoms with Crippen LogP contribution in [0.15, 0.2) is 61.4 Å². The maximum atomic E-state index is 11.8. The fourth-order valence-electron chi connectivity index (χ4n) is 2.22. The van der Waals surface area contributed by atoms with Gasteiger partial charge in [-0.25, -0.2) is 9.97 Å². The van der Waals surface area contributed by atoms with Crippen molar-refractivity contribution in [1.29, 1.82) is 0 Å². The lowest BCUT2D eigenvalue weighted by Crippen LogP contribution is -2.11. The summed E-state index contributed by atoms with van der Waals surface area (Å²) in [5.74, 6) is -0.0494. The molecule has 1 unspecified atom stereocenters. The van der Waals surface area contributed by atoms with Crippen LogP contribution in [0.5, 0.6) is 5.88 Å². The number of hydrogen-bond donors (Lipinski definition) is 0. The first kappa shape index (κ1) is 19.6. The molecule has 136 valence electrons. The average Bonchev–Trinajstić information content (AvgIpc) is 3.08. The first-order chi connectivity index (χ1) is 12.6. The highest BCUT2D eigenvalue weighted by atomic mass is 32.1. The van der Waals surface area contributed by atoms with Crippen LogP contribution in [-0.2, 0) is 9.53 Å². The molecule has 0 saturated heterocycles. The van der Waals surface area contributed by atoms with Gasteiger partial charge in [-0.05, 0) is 19.1 Å². The van der Waals surface area contributed by atoms with Gasteiger partial charge in [-0.15, -0.1) is 11.3 Å². The number of pyridine rings is 1. The number of methoxy groups -OCH3 is 1. The van der Waals surface area contributed by atoms with Crippen molar-refractivity contribution in [2.45, 2.75) is 19.3 Å². The molecule has 0 aliphatic carbocycles. The number of esters is 1. The first-order valence-electron chi connectivity index (χ1n) is 8.17. The van der Waals surface area contributed by atoms with Gasteiger partial charge in [0.15, 0.2) is 0 Å². The van der Waals surface area contributed by atoms with Crippen molar-refractivity contribution in [1.82, 2.24) is 9.97 Å². The zero-order valence-corrected chi connectivity index (χ0v) is 15.7. The Hall–Kier alpha value is -2.73. The molecule has 0 radical (unpaired) electrons. The van der Waals surface area contributed by atoms with E-state index in [0.717, 1.165) is 15.6 Å². The number of carbonyl (C=O) groups is 1. The molecule has 0 N–H and O–H groups in total. The van der Waals surface area contributed by atoms with Gasteiger partial charge >= 0.3 is 5.97 Å². The summed E-state index contributed by atoms with van der Waals surface area (Å²) in [6, 6.07) is 5.53. The Labute approximate surface area is 157 Å². The van der Waals surface area contributed by atoms with Gasteiger partial charge in [0.2, 0.25) is 5.88 Å². The van der Waals surface area contributed by atoms with Crippen LogP contribution in [-0.4, -0.2) is 29.7 Å². The number of nitrogens with zero attached hydrogens (tertiary/aromatic N) is 2. The molecule has 2 rings (SSSR count). The van der Waals surface area contributed by atoms with Gasteiger partial charge in [-0.3, -0.25) is 4.79 Å². The third-order valence-corrected chi connectivity index (χ3v) is 4.49. The number of ether oxygens (including phenoxy) is 2. The smallest absolute Gasteiger partial charge is 0.306 e. The molecule has 2 aromatic rings. The number of thiazole rings is 1. The van der Waals surface area contributed by atoms with E-state index in [4.69, 9.17) is 9.47 Å². The van der Waals surface area contributed by atoms with Crippen LogP contribution in [0, 0.1) is 6.92 Å². The third kappa shape index (κ3) is 5.97. The predicted molar refractivity (Wildman–Crippen MR) is 104 cm³/mol. The predicted octanol–water partition coefficient (Wildman–Crippen LogP) is 4.22. The Bertz CT molecular complexity index is 796. The maximum Gasteiger partial charge on any atom is 0.306 e. The molecular formula is C20H22N2O3S. The summed E-state index contributed by atoms with van der Waals surface area (Å²) in [7, 11) is 1.38. The monoisotopic (exact) mass is 370 g/mol. The van der Waals surface area contributed by atoms with E-state index >= 15 is 0 Å². The summed E-state index contributed by atoms with van der Waals surface area (Å²) in [5.41, 5.74) is 0.734. The van der Waals surface area contributed by atoms with Crippen LogP contribution in [0.25, 0.3) is 0 Å². The third-order valence-electron chi connectivity index (χ3n) is 3.46. The molecule has 2 heterocycles. The Balaban J connectivity index is 2.15. The fraction of sp³-hybridized carbons (Fsp3) is 0.250. The van der Waals surface area contributed by atoms with E-state index in [1.54, 1.807) is 29.7 Å². The van der Waals surface area contributed by atoms with Crippen molar-refractivity contribution < 1.29 is 14.3 Å².